The number of carbonyl (C=O) groups excluding carboxylic acids is 3. The number of amides is 3. The summed E-state index contributed by atoms with van der Waals surface area (Å²) in [6.45, 7) is 3.42. The Hall–Kier alpha value is -2.61. The van der Waals surface area contributed by atoms with E-state index in [1.807, 2.05) is 36.1 Å². The van der Waals surface area contributed by atoms with Gasteiger partial charge < -0.3 is 24.6 Å². The summed E-state index contributed by atoms with van der Waals surface area (Å²) in [4.78, 5) is 41.9. The van der Waals surface area contributed by atoms with Crippen molar-refractivity contribution in [2.45, 2.75) is 38.3 Å². The van der Waals surface area contributed by atoms with Crippen LogP contribution in [0.25, 0.3) is 0 Å². The van der Waals surface area contributed by atoms with E-state index in [4.69, 9.17) is 9.47 Å². The topological polar surface area (TPSA) is 88.2 Å². The van der Waals surface area contributed by atoms with Gasteiger partial charge in [0.05, 0.1) is 44.7 Å². The standard InChI is InChI=1S/C22H31N3O5/c1-4-10-23-22(28)18-12-16-13-24(19(26)9-11-29-2)14-20(27)25(16)21(18)15-5-7-17(30-3)8-6-15/h5-8,16,18,21H,4,9-14H2,1-3H3,(H,23,28)/t16-,18-,21-/m0/s1. The van der Waals surface area contributed by atoms with Gasteiger partial charge in [-0.05, 0) is 30.5 Å². The number of nitrogens with one attached hydrogen (secondary N) is 1. The number of nitrogens with zero attached hydrogens (tertiary/aromatic N) is 2. The molecule has 1 aromatic rings. The van der Waals surface area contributed by atoms with Crippen molar-refractivity contribution in [3.63, 3.8) is 0 Å². The zero-order valence-electron chi connectivity index (χ0n) is 17.9. The molecule has 2 aliphatic heterocycles. The van der Waals surface area contributed by atoms with Crippen LogP contribution in [0.3, 0.4) is 0 Å². The second-order valence-corrected chi connectivity index (χ2v) is 7.82. The molecule has 2 saturated heterocycles. The van der Waals surface area contributed by atoms with Gasteiger partial charge in [0, 0.05) is 20.2 Å². The summed E-state index contributed by atoms with van der Waals surface area (Å²) in [7, 11) is 3.15. The molecule has 0 spiro atoms. The third-order valence-electron chi connectivity index (χ3n) is 5.86. The largest absolute Gasteiger partial charge is 0.497 e. The molecule has 0 bridgehead atoms. The Labute approximate surface area is 177 Å². The Morgan fingerprint density at radius 1 is 1.20 bits per heavy atom. The van der Waals surface area contributed by atoms with Crippen LogP contribution in [0.5, 0.6) is 5.75 Å². The summed E-state index contributed by atoms with van der Waals surface area (Å²) in [5.74, 6) is 0.110. The lowest BCUT2D eigenvalue weighted by Gasteiger charge is -2.40. The van der Waals surface area contributed by atoms with Crippen LogP contribution in [0, 0.1) is 5.92 Å². The number of hydrogen-bond donors (Lipinski definition) is 1. The molecule has 2 aliphatic rings. The molecule has 164 valence electrons. The van der Waals surface area contributed by atoms with E-state index in [1.54, 1.807) is 19.1 Å². The van der Waals surface area contributed by atoms with Gasteiger partial charge in [0.1, 0.15) is 5.75 Å². The summed E-state index contributed by atoms with van der Waals surface area (Å²) >= 11 is 0. The van der Waals surface area contributed by atoms with Crippen LogP contribution in [0.15, 0.2) is 24.3 Å². The normalized spacial score (nSPS) is 23.3. The predicted octanol–water partition coefficient (Wildman–Crippen LogP) is 1.36. The van der Waals surface area contributed by atoms with E-state index in [9.17, 15) is 14.4 Å². The monoisotopic (exact) mass is 417 g/mol. The molecular weight excluding hydrogens is 386 g/mol. The van der Waals surface area contributed by atoms with E-state index < -0.39 is 0 Å². The highest BCUT2D eigenvalue weighted by atomic mass is 16.5. The maximum absolute atomic E-state index is 13.1. The average molecular weight is 418 g/mol. The van der Waals surface area contributed by atoms with Crippen LogP contribution in [0.4, 0.5) is 0 Å². The zero-order valence-corrected chi connectivity index (χ0v) is 17.9. The molecule has 0 saturated carbocycles. The fourth-order valence-corrected chi connectivity index (χ4v) is 4.40. The summed E-state index contributed by atoms with van der Waals surface area (Å²) in [5.41, 5.74) is 0.905. The van der Waals surface area contributed by atoms with E-state index >= 15 is 0 Å². The van der Waals surface area contributed by atoms with E-state index in [2.05, 4.69) is 5.32 Å². The second kappa shape index (κ2) is 9.93. The number of methoxy groups -OCH3 is 2. The van der Waals surface area contributed by atoms with Crippen LogP contribution < -0.4 is 10.1 Å². The molecule has 0 aliphatic carbocycles. The third kappa shape index (κ3) is 4.59. The van der Waals surface area contributed by atoms with Crippen molar-refractivity contribution in [3.05, 3.63) is 29.8 Å². The van der Waals surface area contributed by atoms with E-state index in [0.29, 0.717) is 26.1 Å². The first kappa shape index (κ1) is 22.1. The first-order valence-corrected chi connectivity index (χ1v) is 10.5. The minimum atomic E-state index is -0.354. The van der Waals surface area contributed by atoms with Crippen molar-refractivity contribution >= 4 is 17.7 Å². The van der Waals surface area contributed by atoms with Gasteiger partial charge in [0.15, 0.2) is 0 Å². The van der Waals surface area contributed by atoms with E-state index in [1.165, 1.54) is 0 Å². The number of benzene rings is 1. The quantitative estimate of drug-likeness (QED) is 0.690. The molecule has 1 aromatic carbocycles. The summed E-state index contributed by atoms with van der Waals surface area (Å²) in [6.07, 6.45) is 1.63. The van der Waals surface area contributed by atoms with Crippen molar-refractivity contribution in [3.8, 4) is 5.75 Å². The van der Waals surface area contributed by atoms with Gasteiger partial charge in [-0.15, -0.1) is 0 Å². The molecule has 1 N–H and O–H groups in total. The van der Waals surface area contributed by atoms with Crippen LogP contribution in [0.2, 0.25) is 0 Å². The van der Waals surface area contributed by atoms with E-state index in [0.717, 1.165) is 17.7 Å². The molecule has 3 amide bonds. The van der Waals surface area contributed by atoms with Gasteiger partial charge in [-0.25, -0.2) is 0 Å². The SMILES string of the molecule is CCCNC(=O)[C@H]1C[C@H]2CN(C(=O)CCOC)CC(=O)N2[C@H]1c1ccc(OC)cc1. The molecule has 3 atom stereocenters. The minimum Gasteiger partial charge on any atom is -0.497 e. The number of ether oxygens (including phenoxy) is 2. The van der Waals surface area contributed by atoms with Gasteiger partial charge >= 0.3 is 0 Å². The summed E-state index contributed by atoms with van der Waals surface area (Å²) in [5, 5.41) is 2.98. The maximum atomic E-state index is 13.1. The summed E-state index contributed by atoms with van der Waals surface area (Å²) in [6, 6.07) is 6.99. The van der Waals surface area contributed by atoms with Gasteiger partial charge in [0.25, 0.3) is 0 Å². The predicted molar refractivity (Wildman–Crippen MR) is 111 cm³/mol. The van der Waals surface area contributed by atoms with E-state index in [-0.39, 0.29) is 48.7 Å². The van der Waals surface area contributed by atoms with Crippen molar-refractivity contribution in [2.24, 2.45) is 5.92 Å². The second-order valence-electron chi connectivity index (χ2n) is 7.82. The first-order chi connectivity index (χ1) is 14.5. The Balaban J connectivity index is 1.86. The van der Waals surface area contributed by atoms with Gasteiger partial charge in [-0.3, -0.25) is 14.4 Å². The molecule has 3 rings (SSSR count). The lowest BCUT2D eigenvalue weighted by Crippen LogP contribution is -2.56. The number of rotatable bonds is 8. The first-order valence-electron chi connectivity index (χ1n) is 10.5. The highest BCUT2D eigenvalue weighted by Gasteiger charge is 2.50. The fourth-order valence-electron chi connectivity index (χ4n) is 4.40. The lowest BCUT2D eigenvalue weighted by molar-refractivity contribution is -0.149. The third-order valence-corrected chi connectivity index (χ3v) is 5.86. The Kier molecular flexibility index (Phi) is 7.31. The van der Waals surface area contributed by atoms with Crippen molar-refractivity contribution in [1.82, 2.24) is 15.1 Å². The van der Waals surface area contributed by atoms with Gasteiger partial charge in [-0.1, -0.05) is 19.1 Å². The molecule has 2 fully saturated rings. The molecule has 0 unspecified atom stereocenters. The van der Waals surface area contributed by atoms with Gasteiger partial charge in [-0.2, -0.15) is 0 Å². The molecule has 2 heterocycles. The van der Waals surface area contributed by atoms with Crippen LogP contribution in [-0.2, 0) is 19.1 Å². The Morgan fingerprint density at radius 3 is 2.57 bits per heavy atom. The lowest BCUT2D eigenvalue weighted by atomic mass is 9.92. The van der Waals surface area contributed by atoms with Crippen LogP contribution in [0.1, 0.15) is 37.8 Å². The number of carbonyl (C=O) groups is 3. The maximum Gasteiger partial charge on any atom is 0.243 e. The Morgan fingerprint density at radius 2 is 1.93 bits per heavy atom. The van der Waals surface area contributed by atoms with Crippen molar-refractivity contribution < 1.29 is 23.9 Å². The molecule has 8 heteroatoms. The Bertz CT molecular complexity index is 767. The zero-order chi connectivity index (χ0) is 21.7. The molecule has 8 nitrogen and oxygen atoms in total. The highest BCUT2D eigenvalue weighted by molar-refractivity contribution is 5.89. The van der Waals surface area contributed by atoms with Crippen LogP contribution in [-0.4, -0.2) is 74.0 Å². The smallest absolute Gasteiger partial charge is 0.243 e. The molecule has 0 aromatic heterocycles. The minimum absolute atomic E-state index is 0.0367. The number of fused-ring (bicyclic) bond motifs is 1. The number of hydrogen-bond acceptors (Lipinski definition) is 5. The molecular formula is C22H31N3O5. The summed E-state index contributed by atoms with van der Waals surface area (Å²) < 4.78 is 10.2. The molecule has 0 radical (unpaired) electrons. The highest BCUT2D eigenvalue weighted by Crippen LogP contribution is 2.43. The number of piperazine rings is 1. The van der Waals surface area contributed by atoms with Crippen molar-refractivity contribution in [1.29, 1.82) is 0 Å². The van der Waals surface area contributed by atoms with Crippen molar-refractivity contribution in [2.75, 3.05) is 40.5 Å². The molecule has 30 heavy (non-hydrogen) atoms. The van der Waals surface area contributed by atoms with Crippen LogP contribution >= 0.6 is 0 Å². The average Bonchev–Trinajstić information content (AvgIpc) is 3.16. The fraction of sp³-hybridized carbons (Fsp3) is 0.591. The van der Waals surface area contributed by atoms with Gasteiger partial charge in [0.2, 0.25) is 17.7 Å².